The van der Waals surface area contributed by atoms with Crippen molar-refractivity contribution in [2.24, 2.45) is 0 Å². The molecule has 0 radical (unpaired) electrons. The molecule has 1 aliphatic rings. The Morgan fingerprint density at radius 2 is 2.00 bits per heavy atom. The third kappa shape index (κ3) is 3.18. The molecule has 1 aromatic heterocycles. The van der Waals surface area contributed by atoms with Gasteiger partial charge in [-0.15, -0.1) is 0 Å². The second-order valence-corrected chi connectivity index (χ2v) is 8.08. The molecular formula is C11H17N3O5S2. The topological polar surface area (TPSA) is 102 Å². The number of nitrogens with zero attached hydrogens (tertiary/aromatic N) is 2. The van der Waals surface area contributed by atoms with Gasteiger partial charge in [-0.05, 0) is 13.8 Å². The molecule has 1 saturated heterocycles. The zero-order valence-electron chi connectivity index (χ0n) is 11.9. The van der Waals surface area contributed by atoms with Gasteiger partial charge in [0.05, 0.1) is 17.1 Å². The van der Waals surface area contributed by atoms with E-state index in [1.165, 1.54) is 11.4 Å². The molecule has 2 atom stereocenters. The first-order chi connectivity index (χ1) is 9.75. The van der Waals surface area contributed by atoms with Crippen LogP contribution in [0.15, 0.2) is 10.3 Å². The summed E-state index contributed by atoms with van der Waals surface area (Å²) in [6, 6.07) is 1.11. The average Bonchev–Trinajstić information content (AvgIpc) is 2.82. The minimum absolute atomic E-state index is 0.0279. The molecule has 0 aromatic carbocycles. The molecule has 10 heteroatoms. The molecule has 8 nitrogen and oxygen atoms in total. The Labute approximate surface area is 126 Å². The molecule has 1 N–H and O–H groups in total. The molecule has 0 spiro atoms. The number of hydrogen-bond donors (Lipinski definition) is 1. The Kier molecular flexibility index (Phi) is 4.51. The average molecular weight is 335 g/mol. The normalized spacial score (nSPS) is 24.0. The van der Waals surface area contributed by atoms with E-state index < -0.39 is 14.9 Å². The van der Waals surface area contributed by atoms with Gasteiger partial charge in [0.15, 0.2) is 5.00 Å². The number of rotatable bonds is 4. The maximum absolute atomic E-state index is 12.6. The van der Waals surface area contributed by atoms with E-state index in [0.29, 0.717) is 0 Å². The van der Waals surface area contributed by atoms with Gasteiger partial charge in [0.25, 0.3) is 10.0 Å². The summed E-state index contributed by atoms with van der Waals surface area (Å²) in [4.78, 5) is 10.4. The SMILES string of the molecule is CNc1sc(S(=O)(=O)N2C[C@@H](C)O[C@@H](C)C2)cc1[N+](=O)[O-]. The molecule has 2 heterocycles. The van der Waals surface area contributed by atoms with Gasteiger partial charge in [-0.3, -0.25) is 10.1 Å². The Bertz CT molecular complexity index is 632. The highest BCUT2D eigenvalue weighted by Crippen LogP contribution is 2.38. The molecule has 1 aliphatic heterocycles. The van der Waals surface area contributed by atoms with E-state index in [0.717, 1.165) is 17.4 Å². The van der Waals surface area contributed by atoms with Crippen molar-refractivity contribution in [3.63, 3.8) is 0 Å². The zero-order valence-corrected chi connectivity index (χ0v) is 13.5. The van der Waals surface area contributed by atoms with Gasteiger partial charge in [0, 0.05) is 26.2 Å². The fourth-order valence-corrected chi connectivity index (χ4v) is 5.28. The standard InChI is InChI=1S/C11H17N3O5S2/c1-7-5-13(6-8(2)19-7)21(17,18)10-4-9(14(15)16)11(12-3)20-10/h4,7-8,12H,5-6H2,1-3H3/t7-,8+. The van der Waals surface area contributed by atoms with Crippen molar-refractivity contribution in [1.82, 2.24) is 4.31 Å². The lowest BCUT2D eigenvalue weighted by Gasteiger charge is -2.33. The second-order valence-electron chi connectivity index (χ2n) is 4.87. The second kappa shape index (κ2) is 5.87. The third-order valence-electron chi connectivity index (χ3n) is 3.09. The van der Waals surface area contributed by atoms with Gasteiger partial charge in [-0.2, -0.15) is 4.31 Å². The largest absolute Gasteiger partial charge is 0.374 e. The summed E-state index contributed by atoms with van der Waals surface area (Å²) in [6.07, 6.45) is -0.413. The summed E-state index contributed by atoms with van der Waals surface area (Å²) in [6.45, 7) is 4.09. The number of anilines is 1. The molecule has 0 saturated carbocycles. The summed E-state index contributed by atoms with van der Waals surface area (Å²) in [5, 5.41) is 13.8. The summed E-state index contributed by atoms with van der Waals surface area (Å²) in [5.41, 5.74) is -0.226. The van der Waals surface area contributed by atoms with E-state index in [1.807, 2.05) is 0 Å². The van der Waals surface area contributed by atoms with Crippen molar-refractivity contribution < 1.29 is 18.1 Å². The lowest BCUT2D eigenvalue weighted by molar-refractivity contribution is -0.383. The molecule has 21 heavy (non-hydrogen) atoms. The Hall–Kier alpha value is -1.23. The van der Waals surface area contributed by atoms with Crippen LogP contribution in [-0.4, -0.2) is 50.0 Å². The van der Waals surface area contributed by atoms with Crippen LogP contribution in [0, 0.1) is 10.1 Å². The van der Waals surface area contributed by atoms with E-state index in [-0.39, 0.29) is 40.2 Å². The Morgan fingerprint density at radius 1 is 1.43 bits per heavy atom. The molecule has 0 bridgehead atoms. The Balaban J connectivity index is 2.37. The van der Waals surface area contributed by atoms with Crippen LogP contribution in [0.5, 0.6) is 0 Å². The molecule has 118 valence electrons. The van der Waals surface area contributed by atoms with Crippen LogP contribution in [0.4, 0.5) is 10.7 Å². The van der Waals surface area contributed by atoms with Gasteiger partial charge >= 0.3 is 5.69 Å². The number of hydrogen-bond acceptors (Lipinski definition) is 7. The first-order valence-electron chi connectivity index (χ1n) is 6.37. The fourth-order valence-electron chi connectivity index (χ4n) is 2.26. The van der Waals surface area contributed by atoms with E-state index in [4.69, 9.17) is 4.74 Å². The van der Waals surface area contributed by atoms with Crippen LogP contribution in [0.1, 0.15) is 13.8 Å². The smallest absolute Gasteiger partial charge is 0.304 e. The van der Waals surface area contributed by atoms with Crippen LogP contribution in [-0.2, 0) is 14.8 Å². The number of ether oxygens (including phenoxy) is 1. The van der Waals surface area contributed by atoms with Crippen molar-refractivity contribution in [2.75, 3.05) is 25.5 Å². The lowest BCUT2D eigenvalue weighted by atomic mass is 10.3. The van der Waals surface area contributed by atoms with Crippen molar-refractivity contribution >= 4 is 32.0 Å². The molecule has 1 fully saturated rings. The zero-order chi connectivity index (χ0) is 15.8. The number of nitrogens with one attached hydrogen (secondary N) is 1. The van der Waals surface area contributed by atoms with Crippen molar-refractivity contribution in [1.29, 1.82) is 0 Å². The summed E-state index contributed by atoms with van der Waals surface area (Å²) < 4.78 is 32.0. The Morgan fingerprint density at radius 3 is 2.43 bits per heavy atom. The maximum atomic E-state index is 12.6. The van der Waals surface area contributed by atoms with Gasteiger partial charge in [0.1, 0.15) is 4.21 Å². The van der Waals surface area contributed by atoms with Crippen molar-refractivity contribution in [3.05, 3.63) is 16.2 Å². The van der Waals surface area contributed by atoms with Gasteiger partial charge < -0.3 is 10.1 Å². The first-order valence-corrected chi connectivity index (χ1v) is 8.63. The lowest BCUT2D eigenvalue weighted by Crippen LogP contribution is -2.47. The van der Waals surface area contributed by atoms with Crippen LogP contribution in [0.2, 0.25) is 0 Å². The molecule has 1 aromatic rings. The van der Waals surface area contributed by atoms with Crippen LogP contribution < -0.4 is 5.32 Å². The number of nitro groups is 1. The predicted octanol–water partition coefficient (Wildman–Crippen LogP) is 1.50. The third-order valence-corrected chi connectivity index (χ3v) is 6.52. The molecular weight excluding hydrogens is 318 g/mol. The minimum atomic E-state index is -3.75. The van der Waals surface area contributed by atoms with Gasteiger partial charge in [0.2, 0.25) is 0 Å². The molecule has 0 aliphatic carbocycles. The summed E-state index contributed by atoms with van der Waals surface area (Å²) >= 11 is 0.868. The molecule has 0 unspecified atom stereocenters. The number of sulfonamides is 1. The summed E-state index contributed by atoms with van der Waals surface area (Å²) in [7, 11) is -2.22. The predicted molar refractivity (Wildman–Crippen MR) is 79.3 cm³/mol. The highest BCUT2D eigenvalue weighted by molar-refractivity contribution is 7.91. The molecule has 2 rings (SSSR count). The minimum Gasteiger partial charge on any atom is -0.374 e. The van der Waals surface area contributed by atoms with Crippen LogP contribution >= 0.6 is 11.3 Å². The first kappa shape index (κ1) is 16.1. The number of morpholine rings is 1. The highest BCUT2D eigenvalue weighted by Gasteiger charge is 2.35. The fraction of sp³-hybridized carbons (Fsp3) is 0.636. The van der Waals surface area contributed by atoms with Crippen LogP contribution in [0.25, 0.3) is 0 Å². The van der Waals surface area contributed by atoms with Crippen molar-refractivity contribution in [3.8, 4) is 0 Å². The maximum Gasteiger partial charge on any atom is 0.304 e. The van der Waals surface area contributed by atoms with E-state index in [9.17, 15) is 18.5 Å². The van der Waals surface area contributed by atoms with E-state index >= 15 is 0 Å². The molecule has 0 amide bonds. The van der Waals surface area contributed by atoms with E-state index in [2.05, 4.69) is 5.32 Å². The van der Waals surface area contributed by atoms with Crippen molar-refractivity contribution in [2.45, 2.75) is 30.3 Å². The number of thiophene rings is 1. The van der Waals surface area contributed by atoms with Crippen LogP contribution in [0.3, 0.4) is 0 Å². The summed E-state index contributed by atoms with van der Waals surface area (Å²) in [5.74, 6) is 0. The van der Waals surface area contributed by atoms with E-state index in [1.54, 1.807) is 13.8 Å². The van der Waals surface area contributed by atoms with Gasteiger partial charge in [-0.25, -0.2) is 8.42 Å². The quantitative estimate of drug-likeness (QED) is 0.661. The van der Waals surface area contributed by atoms with Gasteiger partial charge in [-0.1, -0.05) is 11.3 Å². The highest BCUT2D eigenvalue weighted by atomic mass is 32.2. The monoisotopic (exact) mass is 335 g/mol.